The van der Waals surface area contributed by atoms with Gasteiger partial charge in [-0.2, -0.15) is 0 Å². The molecule has 4 fully saturated rings. The predicted octanol–water partition coefficient (Wildman–Crippen LogP) is 3.81. The van der Waals surface area contributed by atoms with Gasteiger partial charge in [-0.25, -0.2) is 12.7 Å². The Morgan fingerprint density at radius 2 is 1.76 bits per heavy atom. The van der Waals surface area contributed by atoms with Gasteiger partial charge in [0.2, 0.25) is 10.0 Å². The molecule has 3 atom stereocenters. The fourth-order valence-electron chi connectivity index (χ4n) is 5.23. The average Bonchev–Trinajstić information content (AvgIpc) is 3.61. The molecule has 3 saturated carbocycles. The number of hydrogen-bond donors (Lipinski definition) is 1. The smallest absolute Gasteiger partial charge is 0.252 e. The third-order valence-corrected chi connectivity index (χ3v) is 9.84. The molecule has 29 heavy (non-hydrogen) atoms. The number of rotatable bonds is 8. The summed E-state index contributed by atoms with van der Waals surface area (Å²) in [5.41, 5.74) is 0.471. The number of piperidine rings is 1. The zero-order valence-electron chi connectivity index (χ0n) is 16.2. The van der Waals surface area contributed by atoms with Crippen LogP contribution in [0.2, 0.25) is 10.0 Å². The van der Waals surface area contributed by atoms with E-state index in [0.717, 1.165) is 25.2 Å². The second-order valence-corrected chi connectivity index (χ2v) is 12.3. The highest BCUT2D eigenvalue weighted by Gasteiger charge is 2.69. The van der Waals surface area contributed by atoms with Gasteiger partial charge in [-0.15, -0.1) is 0 Å². The van der Waals surface area contributed by atoms with E-state index < -0.39 is 10.0 Å². The van der Waals surface area contributed by atoms with Gasteiger partial charge < -0.3 is 5.32 Å². The molecule has 1 heterocycles. The molecule has 1 aliphatic heterocycles. The predicted molar refractivity (Wildman–Crippen MR) is 114 cm³/mol. The van der Waals surface area contributed by atoms with Crippen molar-refractivity contribution in [3.8, 4) is 0 Å². The van der Waals surface area contributed by atoms with Crippen LogP contribution in [0.4, 0.5) is 0 Å². The van der Waals surface area contributed by atoms with Crippen molar-refractivity contribution in [1.29, 1.82) is 0 Å². The first-order valence-electron chi connectivity index (χ1n) is 10.5. The monoisotopic (exact) mass is 456 g/mol. The van der Waals surface area contributed by atoms with Crippen LogP contribution in [0.25, 0.3) is 0 Å². The Morgan fingerprint density at radius 1 is 1.10 bits per heavy atom. The molecule has 4 aliphatic rings. The molecule has 1 aromatic carbocycles. The van der Waals surface area contributed by atoms with Gasteiger partial charge in [0.1, 0.15) is 0 Å². The van der Waals surface area contributed by atoms with Crippen LogP contribution in [0.3, 0.4) is 0 Å². The van der Waals surface area contributed by atoms with Gasteiger partial charge in [0.15, 0.2) is 0 Å². The van der Waals surface area contributed by atoms with E-state index in [2.05, 4.69) is 5.32 Å². The summed E-state index contributed by atoms with van der Waals surface area (Å²) in [7, 11) is -3.13. The molecule has 0 bridgehead atoms. The molecule has 158 valence electrons. The minimum atomic E-state index is -3.13. The van der Waals surface area contributed by atoms with Crippen molar-refractivity contribution in [1.82, 2.24) is 9.62 Å². The summed E-state index contributed by atoms with van der Waals surface area (Å²) in [5, 5.41) is 3.93. The molecule has 1 saturated heterocycles. The van der Waals surface area contributed by atoms with E-state index >= 15 is 0 Å². The number of carbonyl (C=O) groups excluding carboxylic acids is 1. The number of nitrogens with zero attached hydrogens (tertiary/aromatic N) is 1. The number of amides is 1. The van der Waals surface area contributed by atoms with Crippen LogP contribution in [0.5, 0.6) is 0 Å². The third-order valence-electron chi connectivity index (χ3n) is 7.31. The second kappa shape index (κ2) is 7.11. The SMILES string of the molecule is O=C(NCC1(CC2CC2)[C@@H]2CN(S(=O)(=O)CC3CC3)C[C@@H]21)c1ccc(Cl)cc1Cl. The molecule has 5 nitrogen and oxygen atoms in total. The molecule has 0 aromatic heterocycles. The Labute approximate surface area is 182 Å². The highest BCUT2D eigenvalue weighted by Crippen LogP contribution is 2.67. The van der Waals surface area contributed by atoms with Gasteiger partial charge in [-0.3, -0.25) is 4.79 Å². The van der Waals surface area contributed by atoms with Gasteiger partial charge in [0.05, 0.1) is 16.3 Å². The Morgan fingerprint density at radius 3 is 2.34 bits per heavy atom. The maximum atomic E-state index is 12.7. The van der Waals surface area contributed by atoms with E-state index in [0.29, 0.717) is 58.7 Å². The van der Waals surface area contributed by atoms with E-state index in [4.69, 9.17) is 23.2 Å². The number of sulfonamides is 1. The Kier molecular flexibility index (Phi) is 4.93. The van der Waals surface area contributed by atoms with E-state index in [-0.39, 0.29) is 11.3 Å². The number of carbonyl (C=O) groups is 1. The van der Waals surface area contributed by atoms with Crippen LogP contribution in [0.1, 0.15) is 42.5 Å². The summed E-state index contributed by atoms with van der Waals surface area (Å²) in [5.74, 6) is 1.94. The van der Waals surface area contributed by atoms with Gasteiger partial charge in [-0.05, 0) is 66.5 Å². The van der Waals surface area contributed by atoms with Gasteiger partial charge in [0.25, 0.3) is 5.91 Å². The van der Waals surface area contributed by atoms with Crippen LogP contribution < -0.4 is 5.32 Å². The van der Waals surface area contributed by atoms with Crippen molar-refractivity contribution in [2.45, 2.75) is 32.1 Å². The number of halogens is 2. The molecule has 1 amide bonds. The highest BCUT2D eigenvalue weighted by molar-refractivity contribution is 7.89. The summed E-state index contributed by atoms with van der Waals surface area (Å²) < 4.78 is 27.0. The molecule has 8 heteroatoms. The van der Waals surface area contributed by atoms with E-state index in [1.807, 2.05) is 0 Å². The summed E-state index contributed by atoms with van der Waals surface area (Å²) in [6.45, 7) is 1.82. The normalized spacial score (nSPS) is 31.5. The standard InChI is InChI=1S/C21H26Cl2N2O3S/c22-15-5-6-16(19(23)7-15)20(26)24-12-21(8-13-1-2-13)17-9-25(10-18(17)21)29(27,28)11-14-3-4-14/h5-7,13-14,17-18H,1-4,8-12H2,(H,24,26)/t17-,18+,21?. The maximum Gasteiger partial charge on any atom is 0.252 e. The minimum absolute atomic E-state index is 0.0430. The van der Waals surface area contributed by atoms with Crippen molar-refractivity contribution >= 4 is 39.1 Å². The van der Waals surface area contributed by atoms with Gasteiger partial charge >= 0.3 is 0 Å². The van der Waals surface area contributed by atoms with Crippen molar-refractivity contribution < 1.29 is 13.2 Å². The highest BCUT2D eigenvalue weighted by atomic mass is 35.5. The largest absolute Gasteiger partial charge is 0.351 e. The first kappa shape index (κ1) is 20.1. The van der Waals surface area contributed by atoms with Crippen molar-refractivity contribution in [2.75, 3.05) is 25.4 Å². The lowest BCUT2D eigenvalue weighted by Crippen LogP contribution is -2.40. The van der Waals surface area contributed by atoms with Gasteiger partial charge in [-0.1, -0.05) is 36.0 Å². The van der Waals surface area contributed by atoms with Crippen LogP contribution in [-0.4, -0.2) is 44.0 Å². The van der Waals surface area contributed by atoms with Crippen LogP contribution in [0.15, 0.2) is 18.2 Å². The lowest BCUT2D eigenvalue weighted by atomic mass is 9.92. The van der Waals surface area contributed by atoms with Gasteiger partial charge in [0, 0.05) is 24.7 Å². The van der Waals surface area contributed by atoms with Crippen LogP contribution >= 0.6 is 23.2 Å². The quantitative estimate of drug-likeness (QED) is 0.646. The molecule has 5 rings (SSSR count). The summed E-state index contributed by atoms with van der Waals surface area (Å²) in [6, 6.07) is 4.89. The maximum absolute atomic E-state index is 12.7. The number of hydrogen-bond acceptors (Lipinski definition) is 3. The zero-order chi connectivity index (χ0) is 20.4. The van der Waals surface area contributed by atoms with E-state index in [1.165, 1.54) is 12.8 Å². The van der Waals surface area contributed by atoms with Crippen molar-refractivity contribution in [3.63, 3.8) is 0 Å². The summed E-state index contributed by atoms with van der Waals surface area (Å²) in [6.07, 6.45) is 5.69. The molecule has 1 N–H and O–H groups in total. The van der Waals surface area contributed by atoms with Crippen molar-refractivity contribution in [2.24, 2.45) is 29.1 Å². The molecule has 0 spiro atoms. The molecular weight excluding hydrogens is 431 g/mol. The Hall–Kier alpha value is -0.820. The minimum Gasteiger partial charge on any atom is -0.351 e. The van der Waals surface area contributed by atoms with Crippen LogP contribution in [-0.2, 0) is 10.0 Å². The number of benzene rings is 1. The molecule has 3 aliphatic carbocycles. The lowest BCUT2D eigenvalue weighted by Gasteiger charge is -2.27. The number of nitrogens with one attached hydrogen (secondary N) is 1. The fourth-order valence-corrected chi connectivity index (χ4v) is 7.64. The topological polar surface area (TPSA) is 66.5 Å². The molecular formula is C21H26Cl2N2O3S. The summed E-state index contributed by atoms with van der Waals surface area (Å²) >= 11 is 12.1. The zero-order valence-corrected chi connectivity index (χ0v) is 18.6. The number of fused-ring (bicyclic) bond motifs is 1. The van der Waals surface area contributed by atoms with Crippen molar-refractivity contribution in [3.05, 3.63) is 33.8 Å². The van der Waals surface area contributed by atoms with E-state index in [9.17, 15) is 13.2 Å². The van der Waals surface area contributed by atoms with Crippen LogP contribution in [0, 0.1) is 29.1 Å². The molecule has 1 aromatic rings. The Balaban J connectivity index is 1.24. The summed E-state index contributed by atoms with van der Waals surface area (Å²) in [4.78, 5) is 12.7. The second-order valence-electron chi connectivity index (χ2n) is 9.44. The third kappa shape index (κ3) is 3.93. The first-order valence-corrected chi connectivity index (χ1v) is 12.9. The van der Waals surface area contributed by atoms with E-state index in [1.54, 1.807) is 22.5 Å². The Bertz CT molecular complexity index is 931. The molecule has 1 unspecified atom stereocenters. The lowest BCUT2D eigenvalue weighted by molar-refractivity contribution is 0.0937. The molecule has 0 radical (unpaired) electrons. The fraction of sp³-hybridized carbons (Fsp3) is 0.667. The average molecular weight is 457 g/mol. The first-order chi connectivity index (χ1) is 13.8.